The van der Waals surface area contributed by atoms with Gasteiger partial charge in [-0.05, 0) is 44.4 Å². The van der Waals surface area contributed by atoms with Crippen LogP contribution < -0.4 is 15.5 Å². The van der Waals surface area contributed by atoms with E-state index in [-0.39, 0.29) is 11.8 Å². The quantitative estimate of drug-likeness (QED) is 0.898. The maximum atomic E-state index is 12.5. The summed E-state index contributed by atoms with van der Waals surface area (Å²) in [7, 11) is 2.16. The molecule has 22 heavy (non-hydrogen) atoms. The zero-order valence-corrected chi connectivity index (χ0v) is 13.5. The number of hydrogen-bond donors (Lipinski definition) is 2. The van der Waals surface area contributed by atoms with Gasteiger partial charge in [0.1, 0.15) is 0 Å². The maximum Gasteiger partial charge on any atom is 0.228 e. The summed E-state index contributed by atoms with van der Waals surface area (Å²) >= 11 is 0. The Morgan fingerprint density at radius 3 is 2.68 bits per heavy atom. The summed E-state index contributed by atoms with van der Waals surface area (Å²) in [5, 5.41) is 6.48. The SMILES string of the molecule is CN(c1ccccc1NC(=O)C1CCCNC1)C1CCCC1. The number of piperidine rings is 1. The first-order valence-electron chi connectivity index (χ1n) is 8.59. The van der Waals surface area contributed by atoms with E-state index >= 15 is 0 Å². The van der Waals surface area contributed by atoms with Crippen LogP contribution in [0.4, 0.5) is 11.4 Å². The second kappa shape index (κ2) is 7.14. The summed E-state index contributed by atoms with van der Waals surface area (Å²) in [5.41, 5.74) is 2.10. The predicted octanol–water partition coefficient (Wildman–Crippen LogP) is 3.00. The Balaban J connectivity index is 1.71. The van der Waals surface area contributed by atoms with E-state index in [0.29, 0.717) is 6.04 Å². The third-order valence-electron chi connectivity index (χ3n) is 5.08. The van der Waals surface area contributed by atoms with Crippen LogP contribution in [-0.2, 0) is 4.79 Å². The standard InChI is InChI=1S/C18H27N3O/c1-21(15-8-2-3-9-15)17-11-5-4-10-16(17)20-18(22)14-7-6-12-19-13-14/h4-5,10-11,14-15,19H,2-3,6-9,12-13H2,1H3,(H,20,22). The van der Waals surface area contributed by atoms with E-state index in [0.717, 1.165) is 37.3 Å². The number of hydrogen-bond acceptors (Lipinski definition) is 3. The van der Waals surface area contributed by atoms with Crippen LogP contribution in [0.5, 0.6) is 0 Å². The lowest BCUT2D eigenvalue weighted by Gasteiger charge is -2.29. The van der Waals surface area contributed by atoms with Crippen molar-refractivity contribution in [3.63, 3.8) is 0 Å². The van der Waals surface area contributed by atoms with E-state index in [1.807, 2.05) is 12.1 Å². The van der Waals surface area contributed by atoms with Gasteiger partial charge in [-0.3, -0.25) is 4.79 Å². The Hall–Kier alpha value is -1.55. The molecule has 0 spiro atoms. The highest BCUT2D eigenvalue weighted by molar-refractivity contribution is 5.96. The minimum Gasteiger partial charge on any atom is -0.370 e. The molecule has 4 nitrogen and oxygen atoms in total. The second-order valence-corrected chi connectivity index (χ2v) is 6.60. The number of carbonyl (C=O) groups excluding carboxylic acids is 1. The van der Waals surface area contributed by atoms with Gasteiger partial charge in [-0.25, -0.2) is 0 Å². The normalized spacial score (nSPS) is 22.5. The minimum atomic E-state index is 0.0959. The molecule has 2 aliphatic rings. The minimum absolute atomic E-state index is 0.0959. The van der Waals surface area contributed by atoms with Crippen molar-refractivity contribution in [2.75, 3.05) is 30.4 Å². The number of rotatable bonds is 4. The number of benzene rings is 1. The number of amides is 1. The Bertz CT molecular complexity index is 505. The Morgan fingerprint density at radius 1 is 1.18 bits per heavy atom. The first kappa shape index (κ1) is 15.3. The highest BCUT2D eigenvalue weighted by Gasteiger charge is 2.24. The first-order valence-corrected chi connectivity index (χ1v) is 8.59. The second-order valence-electron chi connectivity index (χ2n) is 6.60. The van der Waals surface area contributed by atoms with Crippen LogP contribution in [0, 0.1) is 5.92 Å². The number of carbonyl (C=O) groups is 1. The summed E-state index contributed by atoms with van der Waals surface area (Å²) in [4.78, 5) is 14.8. The zero-order valence-electron chi connectivity index (χ0n) is 13.5. The molecule has 1 aromatic rings. The first-order chi connectivity index (χ1) is 10.8. The van der Waals surface area contributed by atoms with Gasteiger partial charge in [-0.15, -0.1) is 0 Å². The molecule has 1 amide bonds. The number of nitrogens with zero attached hydrogens (tertiary/aromatic N) is 1. The number of nitrogens with one attached hydrogen (secondary N) is 2. The van der Waals surface area contributed by atoms with E-state index in [2.05, 4.69) is 34.7 Å². The topological polar surface area (TPSA) is 44.4 Å². The van der Waals surface area contributed by atoms with Crippen LogP contribution in [0.1, 0.15) is 38.5 Å². The maximum absolute atomic E-state index is 12.5. The van der Waals surface area contributed by atoms with E-state index in [9.17, 15) is 4.79 Å². The highest BCUT2D eigenvalue weighted by atomic mass is 16.1. The van der Waals surface area contributed by atoms with Crippen molar-refractivity contribution in [1.82, 2.24) is 5.32 Å². The molecule has 1 saturated carbocycles. The van der Waals surface area contributed by atoms with Gasteiger partial charge in [-0.2, -0.15) is 0 Å². The van der Waals surface area contributed by atoms with Gasteiger partial charge in [0.05, 0.1) is 17.3 Å². The molecular formula is C18H27N3O. The van der Waals surface area contributed by atoms with Crippen LogP contribution >= 0.6 is 0 Å². The fourth-order valence-corrected chi connectivity index (χ4v) is 3.69. The van der Waals surface area contributed by atoms with Crippen molar-refractivity contribution in [2.24, 2.45) is 5.92 Å². The molecule has 1 unspecified atom stereocenters. The van der Waals surface area contributed by atoms with Crippen molar-refractivity contribution in [3.8, 4) is 0 Å². The molecule has 3 rings (SSSR count). The molecule has 1 heterocycles. The summed E-state index contributed by atoms with van der Waals surface area (Å²) in [5.74, 6) is 0.248. The average molecular weight is 301 g/mol. The van der Waals surface area contributed by atoms with Gasteiger partial charge in [-0.1, -0.05) is 25.0 Å². The van der Waals surface area contributed by atoms with Gasteiger partial charge >= 0.3 is 0 Å². The monoisotopic (exact) mass is 301 g/mol. The summed E-state index contributed by atoms with van der Waals surface area (Å²) in [6.07, 6.45) is 7.21. The third kappa shape index (κ3) is 3.43. The van der Waals surface area contributed by atoms with Gasteiger partial charge in [0, 0.05) is 19.6 Å². The predicted molar refractivity (Wildman–Crippen MR) is 91.3 cm³/mol. The molecule has 1 aliphatic heterocycles. The zero-order chi connectivity index (χ0) is 15.4. The summed E-state index contributed by atoms with van der Waals surface area (Å²) in [6.45, 7) is 1.83. The Kier molecular flexibility index (Phi) is 4.98. The average Bonchev–Trinajstić information content (AvgIpc) is 3.10. The van der Waals surface area contributed by atoms with Crippen LogP contribution in [0.2, 0.25) is 0 Å². The van der Waals surface area contributed by atoms with Gasteiger partial charge in [0.15, 0.2) is 0 Å². The number of para-hydroxylation sites is 2. The molecule has 1 saturated heterocycles. The van der Waals surface area contributed by atoms with Crippen LogP contribution in [-0.4, -0.2) is 32.1 Å². The molecule has 1 aromatic carbocycles. The van der Waals surface area contributed by atoms with Crippen molar-refractivity contribution >= 4 is 17.3 Å². The largest absolute Gasteiger partial charge is 0.370 e. The molecule has 120 valence electrons. The molecule has 1 aliphatic carbocycles. The van der Waals surface area contributed by atoms with E-state index in [4.69, 9.17) is 0 Å². The summed E-state index contributed by atoms with van der Waals surface area (Å²) < 4.78 is 0. The van der Waals surface area contributed by atoms with Crippen molar-refractivity contribution in [2.45, 2.75) is 44.6 Å². The smallest absolute Gasteiger partial charge is 0.228 e. The molecule has 4 heteroatoms. The van der Waals surface area contributed by atoms with Crippen LogP contribution in [0.25, 0.3) is 0 Å². The van der Waals surface area contributed by atoms with Gasteiger partial charge in [0.2, 0.25) is 5.91 Å². The van der Waals surface area contributed by atoms with Gasteiger partial charge < -0.3 is 15.5 Å². The molecular weight excluding hydrogens is 274 g/mol. The van der Waals surface area contributed by atoms with Crippen molar-refractivity contribution in [3.05, 3.63) is 24.3 Å². The fraction of sp³-hybridized carbons (Fsp3) is 0.611. The van der Waals surface area contributed by atoms with E-state index in [1.165, 1.54) is 25.7 Å². The van der Waals surface area contributed by atoms with E-state index in [1.54, 1.807) is 0 Å². The van der Waals surface area contributed by atoms with Crippen LogP contribution in [0.3, 0.4) is 0 Å². The van der Waals surface area contributed by atoms with Gasteiger partial charge in [0.25, 0.3) is 0 Å². The van der Waals surface area contributed by atoms with Crippen molar-refractivity contribution < 1.29 is 4.79 Å². The summed E-state index contributed by atoms with van der Waals surface area (Å²) in [6, 6.07) is 8.80. The lowest BCUT2D eigenvalue weighted by Crippen LogP contribution is -2.37. The third-order valence-corrected chi connectivity index (χ3v) is 5.08. The molecule has 1 atom stereocenters. The molecule has 0 aromatic heterocycles. The molecule has 2 fully saturated rings. The molecule has 2 N–H and O–H groups in total. The van der Waals surface area contributed by atoms with E-state index < -0.39 is 0 Å². The molecule has 0 bridgehead atoms. The fourth-order valence-electron chi connectivity index (χ4n) is 3.69. The van der Waals surface area contributed by atoms with Crippen LogP contribution in [0.15, 0.2) is 24.3 Å². The van der Waals surface area contributed by atoms with Crippen molar-refractivity contribution in [1.29, 1.82) is 0 Å². The highest BCUT2D eigenvalue weighted by Crippen LogP contribution is 2.32. The lowest BCUT2D eigenvalue weighted by atomic mass is 9.98. The number of anilines is 2. The molecule has 0 radical (unpaired) electrons. The Labute approximate surface area is 133 Å². The Morgan fingerprint density at radius 2 is 1.95 bits per heavy atom. The lowest BCUT2D eigenvalue weighted by molar-refractivity contribution is -0.120.